The minimum absolute atomic E-state index is 0.0852. The van der Waals surface area contributed by atoms with Crippen LogP contribution in [0.4, 0.5) is 6.01 Å². The lowest BCUT2D eigenvalue weighted by molar-refractivity contribution is 0.167. The molecule has 0 aliphatic rings. The number of nitrogens with zero attached hydrogens (tertiary/aromatic N) is 3. The van der Waals surface area contributed by atoms with Crippen molar-refractivity contribution >= 4 is 31.1 Å². The Bertz CT molecular complexity index is 1090. The Morgan fingerprint density at radius 1 is 1.10 bits per heavy atom. The molecule has 1 aromatic heterocycles. The van der Waals surface area contributed by atoms with E-state index in [1.54, 1.807) is 57.2 Å². The van der Waals surface area contributed by atoms with Gasteiger partial charge in [-0.15, -0.1) is 5.10 Å². The van der Waals surface area contributed by atoms with Crippen molar-refractivity contribution in [2.24, 2.45) is 5.10 Å². The van der Waals surface area contributed by atoms with Gasteiger partial charge in [-0.05, 0) is 45.0 Å². The van der Waals surface area contributed by atoms with Gasteiger partial charge in [0, 0.05) is 5.56 Å². The number of benzene rings is 2. The zero-order chi connectivity index (χ0) is 22.3. The topological polar surface area (TPSA) is 108 Å². The Morgan fingerprint density at radius 3 is 2.48 bits per heavy atom. The summed E-state index contributed by atoms with van der Waals surface area (Å²) in [5.74, 6) is 0.567. The summed E-state index contributed by atoms with van der Waals surface area (Å²) in [7, 11) is -3.75. The Labute approximate surface area is 185 Å². The molecule has 0 saturated heterocycles. The van der Waals surface area contributed by atoms with Crippen LogP contribution in [0.3, 0.4) is 0 Å². The average Bonchev–Trinajstić information content (AvgIpc) is 3.22. The zero-order valence-corrected chi connectivity index (χ0v) is 18.9. The van der Waals surface area contributed by atoms with Gasteiger partial charge >= 0.3 is 13.8 Å². The van der Waals surface area contributed by atoms with Gasteiger partial charge in [0.15, 0.2) is 0 Å². The van der Waals surface area contributed by atoms with Crippen molar-refractivity contribution in [2.45, 2.75) is 20.8 Å². The van der Waals surface area contributed by atoms with Gasteiger partial charge in [0.05, 0.1) is 29.5 Å². The first-order valence-corrected chi connectivity index (χ1v) is 11.4. The fourth-order valence-electron chi connectivity index (χ4n) is 2.58. The highest BCUT2D eigenvalue weighted by Gasteiger charge is 2.28. The maximum Gasteiger partial charge on any atom is 0.530 e. The van der Waals surface area contributed by atoms with Gasteiger partial charge in [-0.25, -0.2) is 9.99 Å². The highest BCUT2D eigenvalue weighted by molar-refractivity contribution is 7.48. The van der Waals surface area contributed by atoms with Crippen LogP contribution < -0.4 is 9.95 Å². The minimum Gasteiger partial charge on any atom is -0.403 e. The first-order chi connectivity index (χ1) is 15.0. The number of hydrogen-bond donors (Lipinski definition) is 1. The van der Waals surface area contributed by atoms with E-state index in [9.17, 15) is 4.57 Å². The molecule has 31 heavy (non-hydrogen) atoms. The monoisotopic (exact) mass is 464 g/mol. The standard InChI is InChI=1S/C20H22ClN4O5P/c1-4-27-31(26,28-5-2)30-18-13-9-7-10-15(18)14(3)22-24-20-25-23-19(29-20)16-11-6-8-12-17(16)21/h6-13H,4-5H2,1-3H3,(H,24,25)/b22-14-. The number of hydrazone groups is 1. The van der Waals surface area contributed by atoms with E-state index < -0.39 is 7.82 Å². The maximum atomic E-state index is 12.7. The van der Waals surface area contributed by atoms with Crippen LogP contribution in [-0.4, -0.2) is 29.1 Å². The van der Waals surface area contributed by atoms with Crippen molar-refractivity contribution in [2.75, 3.05) is 18.6 Å². The molecular weight excluding hydrogens is 443 g/mol. The van der Waals surface area contributed by atoms with Crippen molar-refractivity contribution in [1.82, 2.24) is 10.2 Å². The fraction of sp³-hybridized carbons (Fsp3) is 0.250. The lowest BCUT2D eigenvalue weighted by Crippen LogP contribution is -2.06. The normalized spacial score (nSPS) is 12.1. The van der Waals surface area contributed by atoms with E-state index >= 15 is 0 Å². The molecule has 164 valence electrons. The zero-order valence-electron chi connectivity index (χ0n) is 17.2. The van der Waals surface area contributed by atoms with Gasteiger partial charge in [-0.2, -0.15) is 5.10 Å². The highest BCUT2D eigenvalue weighted by atomic mass is 35.5. The lowest BCUT2D eigenvalue weighted by Gasteiger charge is -2.18. The predicted molar refractivity (Wildman–Crippen MR) is 119 cm³/mol. The van der Waals surface area contributed by atoms with Crippen LogP contribution in [0, 0.1) is 0 Å². The van der Waals surface area contributed by atoms with Crippen molar-refractivity contribution in [3.05, 3.63) is 59.1 Å². The fourth-order valence-corrected chi connectivity index (χ4v) is 4.00. The molecule has 0 aliphatic carbocycles. The molecule has 3 rings (SSSR count). The van der Waals surface area contributed by atoms with Crippen molar-refractivity contribution in [3.8, 4) is 17.2 Å². The van der Waals surface area contributed by atoms with E-state index in [1.807, 2.05) is 12.1 Å². The van der Waals surface area contributed by atoms with Gasteiger partial charge in [0.25, 0.3) is 5.89 Å². The number of phosphoric ester groups is 1. The number of nitrogens with one attached hydrogen (secondary N) is 1. The predicted octanol–water partition coefficient (Wildman–Crippen LogP) is 5.79. The average molecular weight is 465 g/mol. The summed E-state index contributed by atoms with van der Waals surface area (Å²) in [5, 5.41) is 12.7. The molecule has 0 radical (unpaired) electrons. The third kappa shape index (κ3) is 5.92. The molecule has 0 aliphatic heterocycles. The van der Waals surface area contributed by atoms with Crippen LogP contribution in [0.15, 0.2) is 58.0 Å². The largest absolute Gasteiger partial charge is 0.530 e. The van der Waals surface area contributed by atoms with Crippen LogP contribution in [0.25, 0.3) is 11.5 Å². The number of hydrogen-bond acceptors (Lipinski definition) is 9. The quantitative estimate of drug-likeness (QED) is 0.228. The SMILES string of the molecule is CCOP(=O)(OCC)Oc1ccccc1/C(C)=N\Nc1nnc(-c2ccccc2Cl)o1. The van der Waals surface area contributed by atoms with Gasteiger partial charge in [-0.3, -0.25) is 9.05 Å². The number of aromatic nitrogens is 2. The third-order valence-corrected chi connectivity index (χ3v) is 5.81. The van der Waals surface area contributed by atoms with Crippen LogP contribution >= 0.6 is 19.4 Å². The van der Waals surface area contributed by atoms with Crippen LogP contribution in [0.2, 0.25) is 5.02 Å². The molecule has 0 amide bonds. The summed E-state index contributed by atoms with van der Waals surface area (Å²) >= 11 is 6.16. The van der Waals surface area contributed by atoms with Crippen molar-refractivity contribution in [1.29, 1.82) is 0 Å². The Morgan fingerprint density at radius 2 is 1.77 bits per heavy atom. The first kappa shape index (κ1) is 23.0. The molecule has 2 aromatic carbocycles. The van der Waals surface area contributed by atoms with E-state index in [0.29, 0.717) is 27.6 Å². The molecule has 1 N–H and O–H groups in total. The molecule has 0 unspecified atom stereocenters. The molecule has 0 bridgehead atoms. The second-order valence-electron chi connectivity index (χ2n) is 6.07. The highest BCUT2D eigenvalue weighted by Crippen LogP contribution is 2.50. The summed E-state index contributed by atoms with van der Waals surface area (Å²) in [6.07, 6.45) is 0. The molecule has 11 heteroatoms. The summed E-state index contributed by atoms with van der Waals surface area (Å²) in [5.41, 5.74) is 4.43. The van der Waals surface area contributed by atoms with E-state index in [2.05, 4.69) is 20.7 Å². The molecule has 0 fully saturated rings. The Balaban J connectivity index is 1.79. The molecule has 0 spiro atoms. The van der Waals surface area contributed by atoms with E-state index in [0.717, 1.165) is 0 Å². The second kappa shape index (κ2) is 10.5. The summed E-state index contributed by atoms with van der Waals surface area (Å²) in [6.45, 7) is 5.52. The molecular formula is C20H22ClN4O5P. The second-order valence-corrected chi connectivity index (χ2v) is 8.07. The molecule has 0 saturated carbocycles. The molecule has 9 nitrogen and oxygen atoms in total. The smallest absolute Gasteiger partial charge is 0.403 e. The summed E-state index contributed by atoms with van der Waals surface area (Å²) in [6, 6.07) is 14.2. The summed E-state index contributed by atoms with van der Waals surface area (Å²) in [4.78, 5) is 0. The van der Waals surface area contributed by atoms with Gasteiger partial charge in [-0.1, -0.05) is 41.0 Å². The van der Waals surface area contributed by atoms with E-state index in [1.165, 1.54) is 0 Å². The van der Waals surface area contributed by atoms with Crippen molar-refractivity contribution in [3.63, 3.8) is 0 Å². The number of para-hydroxylation sites is 1. The van der Waals surface area contributed by atoms with Crippen LogP contribution in [0.1, 0.15) is 26.3 Å². The molecule has 3 aromatic rings. The third-order valence-electron chi connectivity index (χ3n) is 3.91. The maximum absolute atomic E-state index is 12.7. The van der Waals surface area contributed by atoms with Crippen molar-refractivity contribution < 1.29 is 22.6 Å². The first-order valence-electron chi connectivity index (χ1n) is 9.52. The van der Waals surface area contributed by atoms with Gasteiger partial charge in [0.2, 0.25) is 0 Å². The number of phosphoric acid groups is 1. The minimum atomic E-state index is -3.75. The van der Waals surface area contributed by atoms with E-state index in [4.69, 9.17) is 29.6 Å². The molecule has 1 heterocycles. The number of anilines is 1. The lowest BCUT2D eigenvalue weighted by atomic mass is 10.1. The number of halogens is 1. The summed E-state index contributed by atoms with van der Waals surface area (Å²) < 4.78 is 34.3. The van der Waals surface area contributed by atoms with Crippen LogP contribution in [-0.2, 0) is 13.6 Å². The Kier molecular flexibility index (Phi) is 7.81. The van der Waals surface area contributed by atoms with Gasteiger partial charge < -0.3 is 8.94 Å². The molecule has 0 atom stereocenters. The Hall–Kier alpha value is -2.71. The van der Waals surface area contributed by atoms with Gasteiger partial charge in [0.1, 0.15) is 5.75 Å². The number of rotatable bonds is 10. The van der Waals surface area contributed by atoms with E-state index in [-0.39, 0.29) is 25.1 Å². The van der Waals surface area contributed by atoms with Crippen LogP contribution in [0.5, 0.6) is 5.75 Å².